The second-order valence-corrected chi connectivity index (χ2v) is 5.93. The Labute approximate surface area is 123 Å². The predicted octanol–water partition coefficient (Wildman–Crippen LogP) is 3.76. The van der Waals surface area contributed by atoms with Crippen LogP contribution >= 0.6 is 11.3 Å². The summed E-state index contributed by atoms with van der Waals surface area (Å²) >= 11 is 1.78. The molecule has 0 saturated heterocycles. The summed E-state index contributed by atoms with van der Waals surface area (Å²) in [6.45, 7) is 4.49. The summed E-state index contributed by atoms with van der Waals surface area (Å²) in [5.41, 5.74) is 1.22. The fraction of sp³-hybridized carbons (Fsp3) is 0.375. The van der Waals surface area contributed by atoms with Gasteiger partial charge in [0.2, 0.25) is 0 Å². The lowest BCUT2D eigenvalue weighted by Crippen LogP contribution is -2.17. The van der Waals surface area contributed by atoms with Crippen molar-refractivity contribution in [1.29, 1.82) is 0 Å². The highest BCUT2D eigenvalue weighted by molar-refractivity contribution is 7.10. The van der Waals surface area contributed by atoms with Crippen LogP contribution in [0.3, 0.4) is 0 Å². The van der Waals surface area contributed by atoms with E-state index in [9.17, 15) is 0 Å². The third-order valence-corrected chi connectivity index (χ3v) is 4.45. The van der Waals surface area contributed by atoms with E-state index in [1.165, 1.54) is 10.4 Å². The van der Waals surface area contributed by atoms with Crippen molar-refractivity contribution in [1.82, 2.24) is 5.32 Å². The van der Waals surface area contributed by atoms with Crippen molar-refractivity contribution in [3.8, 4) is 11.5 Å². The number of rotatable bonds is 4. The first-order chi connectivity index (χ1) is 9.83. The van der Waals surface area contributed by atoms with Gasteiger partial charge < -0.3 is 14.8 Å². The molecule has 1 atom stereocenters. The Balaban J connectivity index is 1.64. The summed E-state index contributed by atoms with van der Waals surface area (Å²) in [5.74, 6) is 1.73. The van der Waals surface area contributed by atoms with Crippen LogP contribution in [-0.4, -0.2) is 13.2 Å². The van der Waals surface area contributed by atoms with Gasteiger partial charge in [-0.15, -0.1) is 11.3 Å². The van der Waals surface area contributed by atoms with Crippen molar-refractivity contribution in [2.24, 2.45) is 0 Å². The molecule has 0 aliphatic carbocycles. The SMILES string of the molecule is C[C@H](NCc1ccc2c(c1)OCCCO2)c1cccs1. The number of benzene rings is 1. The Morgan fingerprint density at radius 2 is 2.05 bits per heavy atom. The molecule has 0 radical (unpaired) electrons. The van der Waals surface area contributed by atoms with Crippen LogP contribution in [0, 0.1) is 0 Å². The van der Waals surface area contributed by atoms with Crippen molar-refractivity contribution in [2.45, 2.75) is 25.9 Å². The molecule has 2 aromatic rings. The van der Waals surface area contributed by atoms with Crippen LogP contribution in [0.2, 0.25) is 0 Å². The molecule has 1 aromatic heterocycles. The summed E-state index contributed by atoms with van der Waals surface area (Å²) in [4.78, 5) is 1.36. The fourth-order valence-corrected chi connectivity index (χ4v) is 2.99. The van der Waals surface area contributed by atoms with E-state index in [0.29, 0.717) is 6.04 Å². The molecule has 106 valence electrons. The molecule has 1 aliphatic heterocycles. The molecule has 4 heteroatoms. The van der Waals surface area contributed by atoms with Gasteiger partial charge in [-0.1, -0.05) is 12.1 Å². The maximum atomic E-state index is 5.72. The quantitative estimate of drug-likeness (QED) is 0.929. The van der Waals surface area contributed by atoms with Crippen molar-refractivity contribution >= 4 is 11.3 Å². The molecular weight excluding hydrogens is 270 g/mol. The predicted molar refractivity (Wildman–Crippen MR) is 81.6 cm³/mol. The molecule has 3 rings (SSSR count). The molecule has 3 nitrogen and oxygen atoms in total. The molecule has 0 amide bonds. The van der Waals surface area contributed by atoms with Crippen molar-refractivity contribution in [2.75, 3.05) is 13.2 Å². The first-order valence-electron chi connectivity index (χ1n) is 6.98. The van der Waals surface area contributed by atoms with E-state index in [4.69, 9.17) is 9.47 Å². The molecule has 1 N–H and O–H groups in total. The number of hydrogen-bond donors (Lipinski definition) is 1. The first kappa shape index (κ1) is 13.5. The average Bonchev–Trinajstić information content (AvgIpc) is 2.90. The molecule has 1 aliphatic rings. The second-order valence-electron chi connectivity index (χ2n) is 4.95. The summed E-state index contributed by atoms with van der Waals surface area (Å²) < 4.78 is 11.4. The van der Waals surface area contributed by atoms with Crippen LogP contribution in [0.4, 0.5) is 0 Å². The highest BCUT2D eigenvalue weighted by Gasteiger charge is 2.11. The van der Waals surface area contributed by atoms with E-state index in [2.05, 4.69) is 41.9 Å². The van der Waals surface area contributed by atoms with Gasteiger partial charge in [0, 0.05) is 23.9 Å². The zero-order valence-electron chi connectivity index (χ0n) is 11.6. The highest BCUT2D eigenvalue weighted by atomic mass is 32.1. The Kier molecular flexibility index (Phi) is 4.23. The number of thiophene rings is 1. The third-order valence-electron chi connectivity index (χ3n) is 3.39. The lowest BCUT2D eigenvalue weighted by atomic mass is 10.2. The van der Waals surface area contributed by atoms with Crippen LogP contribution in [0.15, 0.2) is 35.7 Å². The number of hydrogen-bond acceptors (Lipinski definition) is 4. The Morgan fingerprint density at radius 1 is 1.20 bits per heavy atom. The Bertz CT molecular complexity index is 554. The molecule has 0 unspecified atom stereocenters. The zero-order valence-corrected chi connectivity index (χ0v) is 12.4. The maximum absolute atomic E-state index is 5.72. The summed E-state index contributed by atoms with van der Waals surface area (Å²) in [6, 6.07) is 10.8. The summed E-state index contributed by atoms with van der Waals surface area (Å²) in [7, 11) is 0. The van der Waals surface area contributed by atoms with E-state index in [-0.39, 0.29) is 0 Å². The van der Waals surface area contributed by atoms with E-state index in [1.54, 1.807) is 11.3 Å². The van der Waals surface area contributed by atoms with Crippen LogP contribution in [0.25, 0.3) is 0 Å². The average molecular weight is 289 g/mol. The lowest BCUT2D eigenvalue weighted by molar-refractivity contribution is 0.297. The number of nitrogens with one attached hydrogen (secondary N) is 1. The lowest BCUT2D eigenvalue weighted by Gasteiger charge is -2.13. The van der Waals surface area contributed by atoms with E-state index in [0.717, 1.165) is 37.7 Å². The van der Waals surface area contributed by atoms with Gasteiger partial charge in [-0.3, -0.25) is 0 Å². The van der Waals surface area contributed by atoms with Crippen molar-refractivity contribution in [3.63, 3.8) is 0 Å². The molecule has 0 spiro atoms. The zero-order chi connectivity index (χ0) is 13.8. The normalized spacial score (nSPS) is 15.7. The maximum Gasteiger partial charge on any atom is 0.161 e. The van der Waals surface area contributed by atoms with E-state index >= 15 is 0 Å². The van der Waals surface area contributed by atoms with Gasteiger partial charge in [0.05, 0.1) is 13.2 Å². The standard InChI is InChI=1S/C16H19NO2S/c1-12(16-4-2-9-20-16)17-11-13-5-6-14-15(10-13)19-8-3-7-18-14/h2,4-6,9-10,12,17H,3,7-8,11H2,1H3/t12-/m0/s1. The molecule has 0 fully saturated rings. The van der Waals surface area contributed by atoms with Crippen LogP contribution < -0.4 is 14.8 Å². The van der Waals surface area contributed by atoms with E-state index < -0.39 is 0 Å². The van der Waals surface area contributed by atoms with Gasteiger partial charge in [-0.25, -0.2) is 0 Å². The van der Waals surface area contributed by atoms with Gasteiger partial charge >= 0.3 is 0 Å². The fourth-order valence-electron chi connectivity index (χ4n) is 2.23. The third kappa shape index (κ3) is 3.14. The van der Waals surface area contributed by atoms with Crippen LogP contribution in [0.1, 0.15) is 29.8 Å². The first-order valence-corrected chi connectivity index (χ1v) is 7.86. The van der Waals surface area contributed by atoms with Crippen LogP contribution in [0.5, 0.6) is 11.5 Å². The van der Waals surface area contributed by atoms with Gasteiger partial charge in [-0.05, 0) is 36.1 Å². The molecule has 20 heavy (non-hydrogen) atoms. The molecule has 2 heterocycles. The second kappa shape index (κ2) is 6.29. The summed E-state index contributed by atoms with van der Waals surface area (Å²) in [5, 5.41) is 5.65. The summed E-state index contributed by atoms with van der Waals surface area (Å²) in [6.07, 6.45) is 0.942. The molecule has 1 aromatic carbocycles. The topological polar surface area (TPSA) is 30.5 Å². The van der Waals surface area contributed by atoms with Gasteiger partial charge in [-0.2, -0.15) is 0 Å². The van der Waals surface area contributed by atoms with Crippen LogP contribution in [-0.2, 0) is 6.54 Å². The molecular formula is C16H19NO2S. The minimum Gasteiger partial charge on any atom is -0.490 e. The largest absolute Gasteiger partial charge is 0.490 e. The molecule has 0 saturated carbocycles. The van der Waals surface area contributed by atoms with Gasteiger partial charge in [0.25, 0.3) is 0 Å². The number of ether oxygens (including phenoxy) is 2. The monoisotopic (exact) mass is 289 g/mol. The Morgan fingerprint density at radius 3 is 2.85 bits per heavy atom. The van der Waals surface area contributed by atoms with Gasteiger partial charge in [0.1, 0.15) is 0 Å². The van der Waals surface area contributed by atoms with Gasteiger partial charge in [0.15, 0.2) is 11.5 Å². The van der Waals surface area contributed by atoms with E-state index in [1.807, 2.05) is 6.07 Å². The number of fused-ring (bicyclic) bond motifs is 1. The van der Waals surface area contributed by atoms with Crippen molar-refractivity contribution < 1.29 is 9.47 Å². The smallest absolute Gasteiger partial charge is 0.161 e. The molecule has 0 bridgehead atoms. The highest BCUT2D eigenvalue weighted by Crippen LogP contribution is 2.30. The van der Waals surface area contributed by atoms with Crippen molar-refractivity contribution in [3.05, 3.63) is 46.2 Å². The minimum atomic E-state index is 0.367. The Hall–Kier alpha value is -1.52. The minimum absolute atomic E-state index is 0.367.